The molecule has 0 amide bonds. The van der Waals surface area contributed by atoms with Crippen LogP contribution in [0.4, 0.5) is 0 Å². The van der Waals surface area contributed by atoms with Gasteiger partial charge in [0.25, 0.3) is 0 Å². The molecule has 1 N–H and O–H groups in total. The van der Waals surface area contributed by atoms with E-state index in [9.17, 15) is 9.90 Å². The highest BCUT2D eigenvalue weighted by Crippen LogP contribution is 2.34. The Balaban J connectivity index is 1.82. The van der Waals surface area contributed by atoms with Gasteiger partial charge in [0.05, 0.1) is 31.7 Å². The third-order valence-electron chi connectivity index (χ3n) is 4.16. The molecule has 0 aliphatic heterocycles. The van der Waals surface area contributed by atoms with Gasteiger partial charge in [0.2, 0.25) is 0 Å². The highest BCUT2D eigenvalue weighted by molar-refractivity contribution is 5.97. The van der Waals surface area contributed by atoms with Gasteiger partial charge in [-0.3, -0.25) is 4.79 Å². The highest BCUT2D eigenvalue weighted by Gasteiger charge is 2.33. The first kappa shape index (κ1) is 18.4. The summed E-state index contributed by atoms with van der Waals surface area (Å²) in [5.41, 5.74) is 0.484. The Morgan fingerprint density at radius 2 is 2.08 bits per heavy atom. The second-order valence-electron chi connectivity index (χ2n) is 6.25. The van der Waals surface area contributed by atoms with Crippen molar-refractivity contribution in [3.63, 3.8) is 0 Å². The standard InChI is InChI=1S/C20H26O4/c1-3-24-18-10-12-20(2,19(22)13-18)11-9-17(21)15-23-14-16-7-5-4-6-8-16/h4-9,11,13,17,21H,3,10,12,14-15H2,1-2H3/b11-9+/t17-,20+/m0/s1. The fourth-order valence-corrected chi connectivity index (χ4v) is 2.60. The molecule has 1 aromatic carbocycles. The van der Waals surface area contributed by atoms with Crippen LogP contribution in [-0.2, 0) is 20.9 Å². The number of rotatable bonds is 8. The van der Waals surface area contributed by atoms with Crippen LogP contribution in [-0.4, -0.2) is 30.2 Å². The average Bonchev–Trinajstić information content (AvgIpc) is 2.58. The number of carbonyl (C=O) groups excluding carboxylic acids is 1. The van der Waals surface area contributed by atoms with Crippen LogP contribution in [0, 0.1) is 5.41 Å². The zero-order chi connectivity index (χ0) is 17.4. The Bertz CT molecular complexity index is 591. The van der Waals surface area contributed by atoms with E-state index in [4.69, 9.17) is 9.47 Å². The molecule has 2 rings (SSSR count). The van der Waals surface area contributed by atoms with Gasteiger partial charge in [-0.05, 0) is 25.8 Å². The Morgan fingerprint density at radius 1 is 1.33 bits per heavy atom. The van der Waals surface area contributed by atoms with Crippen molar-refractivity contribution in [1.82, 2.24) is 0 Å². The molecule has 0 saturated heterocycles. The largest absolute Gasteiger partial charge is 0.498 e. The zero-order valence-corrected chi connectivity index (χ0v) is 14.4. The Morgan fingerprint density at radius 3 is 2.75 bits per heavy atom. The molecule has 1 aliphatic rings. The first-order valence-corrected chi connectivity index (χ1v) is 8.40. The number of ether oxygens (including phenoxy) is 2. The fraction of sp³-hybridized carbons (Fsp3) is 0.450. The molecular weight excluding hydrogens is 304 g/mol. The lowest BCUT2D eigenvalue weighted by atomic mass is 9.77. The third-order valence-corrected chi connectivity index (χ3v) is 4.16. The van der Waals surface area contributed by atoms with Crippen molar-refractivity contribution in [1.29, 1.82) is 0 Å². The number of benzene rings is 1. The predicted molar refractivity (Wildman–Crippen MR) is 93.3 cm³/mol. The lowest BCUT2D eigenvalue weighted by Gasteiger charge is -2.28. The number of carbonyl (C=O) groups is 1. The van der Waals surface area contributed by atoms with Gasteiger partial charge in [0.15, 0.2) is 5.78 Å². The van der Waals surface area contributed by atoms with Crippen molar-refractivity contribution >= 4 is 5.78 Å². The van der Waals surface area contributed by atoms with Gasteiger partial charge in [-0.1, -0.05) is 42.5 Å². The molecule has 0 spiro atoms. The molecule has 24 heavy (non-hydrogen) atoms. The molecule has 1 aliphatic carbocycles. The molecule has 0 aromatic heterocycles. The monoisotopic (exact) mass is 330 g/mol. The van der Waals surface area contributed by atoms with E-state index in [1.54, 1.807) is 18.2 Å². The summed E-state index contributed by atoms with van der Waals surface area (Å²) in [4.78, 5) is 12.3. The van der Waals surface area contributed by atoms with Crippen molar-refractivity contribution in [3.8, 4) is 0 Å². The van der Waals surface area contributed by atoms with E-state index < -0.39 is 11.5 Å². The van der Waals surface area contributed by atoms with Gasteiger partial charge >= 0.3 is 0 Å². The van der Waals surface area contributed by atoms with Crippen LogP contribution >= 0.6 is 0 Å². The lowest BCUT2D eigenvalue weighted by molar-refractivity contribution is -0.122. The second-order valence-corrected chi connectivity index (χ2v) is 6.25. The summed E-state index contributed by atoms with van der Waals surface area (Å²) in [6.07, 6.45) is 5.73. The normalized spacial score (nSPS) is 22.5. The van der Waals surface area contributed by atoms with Gasteiger partial charge in [-0.15, -0.1) is 0 Å². The molecular formula is C20H26O4. The summed E-state index contributed by atoms with van der Waals surface area (Å²) in [7, 11) is 0. The minimum Gasteiger partial charge on any atom is -0.498 e. The molecule has 130 valence electrons. The van der Waals surface area contributed by atoms with Crippen LogP contribution < -0.4 is 0 Å². The quantitative estimate of drug-likeness (QED) is 0.742. The number of ketones is 1. The maximum absolute atomic E-state index is 12.3. The van der Waals surface area contributed by atoms with E-state index >= 15 is 0 Å². The van der Waals surface area contributed by atoms with Crippen molar-refractivity contribution in [2.75, 3.05) is 13.2 Å². The summed E-state index contributed by atoms with van der Waals surface area (Å²) in [5, 5.41) is 10.0. The van der Waals surface area contributed by atoms with Crippen LogP contribution in [0.5, 0.6) is 0 Å². The van der Waals surface area contributed by atoms with Gasteiger partial charge < -0.3 is 14.6 Å². The molecule has 0 radical (unpaired) electrons. The van der Waals surface area contributed by atoms with E-state index in [1.165, 1.54) is 0 Å². The fourth-order valence-electron chi connectivity index (χ4n) is 2.60. The van der Waals surface area contributed by atoms with Crippen LogP contribution in [0.25, 0.3) is 0 Å². The molecule has 1 aromatic rings. The number of aliphatic hydroxyl groups is 1. The minimum atomic E-state index is -0.726. The van der Waals surface area contributed by atoms with Crippen molar-refractivity contribution in [2.45, 2.75) is 39.4 Å². The molecule has 4 heteroatoms. The summed E-state index contributed by atoms with van der Waals surface area (Å²) < 4.78 is 10.9. The molecule has 0 saturated carbocycles. The maximum atomic E-state index is 12.3. The zero-order valence-electron chi connectivity index (χ0n) is 14.4. The number of hydrogen-bond donors (Lipinski definition) is 1. The van der Waals surface area contributed by atoms with Crippen molar-refractivity contribution < 1.29 is 19.4 Å². The maximum Gasteiger partial charge on any atom is 0.168 e. The molecule has 4 nitrogen and oxygen atoms in total. The first-order valence-electron chi connectivity index (χ1n) is 8.40. The molecule has 0 fully saturated rings. The topological polar surface area (TPSA) is 55.8 Å². The van der Waals surface area contributed by atoms with Crippen LogP contribution in [0.2, 0.25) is 0 Å². The summed E-state index contributed by atoms with van der Waals surface area (Å²) in [6.45, 7) is 5.04. The Labute approximate surface area is 143 Å². The summed E-state index contributed by atoms with van der Waals surface area (Å²) in [6, 6.07) is 9.82. The van der Waals surface area contributed by atoms with Crippen LogP contribution in [0.15, 0.2) is 54.3 Å². The van der Waals surface area contributed by atoms with Gasteiger partial charge in [-0.25, -0.2) is 0 Å². The second kappa shape index (κ2) is 8.81. The molecule has 0 heterocycles. The van der Waals surface area contributed by atoms with Gasteiger partial charge in [0.1, 0.15) is 0 Å². The minimum absolute atomic E-state index is 0.0193. The van der Waals surface area contributed by atoms with E-state index in [2.05, 4.69) is 0 Å². The van der Waals surface area contributed by atoms with Crippen LogP contribution in [0.3, 0.4) is 0 Å². The van der Waals surface area contributed by atoms with E-state index in [0.29, 0.717) is 19.6 Å². The summed E-state index contributed by atoms with van der Waals surface area (Å²) >= 11 is 0. The van der Waals surface area contributed by atoms with Crippen molar-refractivity contribution in [2.24, 2.45) is 5.41 Å². The predicted octanol–water partition coefficient (Wildman–Crippen LogP) is 3.41. The molecule has 0 unspecified atom stereocenters. The number of allylic oxidation sites excluding steroid dienone is 3. The van der Waals surface area contributed by atoms with Crippen LogP contribution in [0.1, 0.15) is 32.3 Å². The van der Waals surface area contributed by atoms with Crippen molar-refractivity contribution in [3.05, 3.63) is 59.9 Å². The van der Waals surface area contributed by atoms with E-state index in [0.717, 1.165) is 17.7 Å². The Kier molecular flexibility index (Phi) is 6.76. The lowest BCUT2D eigenvalue weighted by Crippen LogP contribution is -2.29. The first-order chi connectivity index (χ1) is 11.5. The summed E-state index contributed by atoms with van der Waals surface area (Å²) in [5.74, 6) is 0.769. The third kappa shape index (κ3) is 5.32. The van der Waals surface area contributed by atoms with Gasteiger partial charge in [0, 0.05) is 17.9 Å². The number of hydrogen-bond acceptors (Lipinski definition) is 4. The Hall–Kier alpha value is -1.91. The molecule has 0 bridgehead atoms. The van der Waals surface area contributed by atoms with Gasteiger partial charge in [-0.2, -0.15) is 0 Å². The highest BCUT2D eigenvalue weighted by atomic mass is 16.5. The van der Waals surface area contributed by atoms with E-state index in [1.807, 2.05) is 44.2 Å². The smallest absolute Gasteiger partial charge is 0.168 e. The average molecular weight is 330 g/mol. The van der Waals surface area contributed by atoms with E-state index in [-0.39, 0.29) is 12.4 Å². The molecule has 2 atom stereocenters. The SMILES string of the molecule is CCOC1=CC(=O)[C@](C)(/C=C/[C@H](O)COCc2ccccc2)CC1. The number of aliphatic hydroxyl groups excluding tert-OH is 1.